The van der Waals surface area contributed by atoms with Gasteiger partial charge in [0.25, 0.3) is 0 Å². The minimum Gasteiger partial charge on any atom is -0.323 e. The van der Waals surface area contributed by atoms with E-state index >= 15 is 0 Å². The molecule has 0 saturated heterocycles. The van der Waals surface area contributed by atoms with Gasteiger partial charge in [-0.2, -0.15) is 0 Å². The Morgan fingerprint density at radius 3 is 2.27 bits per heavy atom. The molecule has 1 heterocycles. The van der Waals surface area contributed by atoms with Crippen LogP contribution in [-0.4, -0.2) is 0 Å². The molecule has 1 atom stereocenters. The van der Waals surface area contributed by atoms with E-state index in [0.717, 1.165) is 0 Å². The Morgan fingerprint density at radius 1 is 1.13 bits per heavy atom. The van der Waals surface area contributed by atoms with Crippen molar-refractivity contribution >= 4 is 21.4 Å². The maximum atomic E-state index is 5.99. The molecule has 0 aliphatic rings. The van der Waals surface area contributed by atoms with Crippen LogP contribution in [0.15, 0.2) is 12.1 Å². The van der Waals surface area contributed by atoms with Crippen molar-refractivity contribution in [3.8, 4) is 0 Å². The SMILES string of the molecule is Cc1ccc(C)c2c(C)c(C(C)N)sc12. The summed E-state index contributed by atoms with van der Waals surface area (Å²) in [7, 11) is 0. The van der Waals surface area contributed by atoms with E-state index in [1.54, 1.807) is 0 Å². The van der Waals surface area contributed by atoms with Crippen molar-refractivity contribution in [1.82, 2.24) is 0 Å². The lowest BCUT2D eigenvalue weighted by atomic mass is 10.0. The van der Waals surface area contributed by atoms with E-state index in [4.69, 9.17) is 5.73 Å². The van der Waals surface area contributed by atoms with E-state index in [2.05, 4.69) is 39.8 Å². The zero-order valence-electron chi connectivity index (χ0n) is 9.72. The van der Waals surface area contributed by atoms with Gasteiger partial charge in [-0.15, -0.1) is 11.3 Å². The van der Waals surface area contributed by atoms with Gasteiger partial charge in [0, 0.05) is 15.6 Å². The number of hydrogen-bond acceptors (Lipinski definition) is 2. The largest absolute Gasteiger partial charge is 0.323 e. The highest BCUT2D eigenvalue weighted by Crippen LogP contribution is 2.37. The maximum Gasteiger partial charge on any atom is 0.0380 e. The lowest BCUT2D eigenvalue weighted by molar-refractivity contribution is 0.832. The van der Waals surface area contributed by atoms with Gasteiger partial charge in [0.2, 0.25) is 0 Å². The average Bonchev–Trinajstić information content (AvgIpc) is 2.51. The first kappa shape index (κ1) is 10.7. The summed E-state index contributed by atoms with van der Waals surface area (Å²) in [4.78, 5) is 1.32. The Kier molecular flexibility index (Phi) is 2.57. The molecular weight excluding hydrogens is 202 g/mol. The Bertz CT molecular complexity index is 509. The molecule has 1 aromatic heterocycles. The van der Waals surface area contributed by atoms with Crippen LogP contribution in [0.25, 0.3) is 10.1 Å². The molecule has 0 aliphatic carbocycles. The van der Waals surface area contributed by atoms with E-state index < -0.39 is 0 Å². The van der Waals surface area contributed by atoms with Gasteiger partial charge in [0.05, 0.1) is 0 Å². The smallest absolute Gasteiger partial charge is 0.0380 e. The number of hydrogen-bond donors (Lipinski definition) is 1. The second kappa shape index (κ2) is 3.62. The van der Waals surface area contributed by atoms with Gasteiger partial charge in [-0.25, -0.2) is 0 Å². The summed E-state index contributed by atoms with van der Waals surface area (Å²) in [6.45, 7) is 8.58. The predicted molar refractivity (Wildman–Crippen MR) is 68.6 cm³/mol. The molecule has 0 saturated carbocycles. The molecule has 2 heteroatoms. The standard InChI is InChI=1S/C13H17NS/c1-7-5-6-8(2)12-11(7)9(3)13(15-12)10(4)14/h5-6,10H,14H2,1-4H3. The molecule has 0 fully saturated rings. The van der Waals surface area contributed by atoms with Crippen LogP contribution < -0.4 is 5.73 Å². The quantitative estimate of drug-likeness (QED) is 0.774. The van der Waals surface area contributed by atoms with Crippen LogP contribution in [0.3, 0.4) is 0 Å². The molecule has 2 rings (SSSR count). The molecule has 0 radical (unpaired) electrons. The molecular formula is C13H17NS. The number of benzene rings is 1. The molecule has 0 amide bonds. The molecule has 2 N–H and O–H groups in total. The normalized spacial score (nSPS) is 13.4. The van der Waals surface area contributed by atoms with Crippen LogP contribution in [0.4, 0.5) is 0 Å². The van der Waals surface area contributed by atoms with E-state index in [-0.39, 0.29) is 6.04 Å². The monoisotopic (exact) mass is 219 g/mol. The topological polar surface area (TPSA) is 26.0 Å². The van der Waals surface area contributed by atoms with Crippen molar-refractivity contribution in [2.45, 2.75) is 33.7 Å². The minimum absolute atomic E-state index is 0.140. The van der Waals surface area contributed by atoms with Crippen molar-refractivity contribution in [1.29, 1.82) is 0 Å². The number of fused-ring (bicyclic) bond motifs is 1. The molecule has 1 nitrogen and oxygen atoms in total. The summed E-state index contributed by atoms with van der Waals surface area (Å²) in [5, 5.41) is 1.41. The number of nitrogens with two attached hydrogens (primary N) is 1. The van der Waals surface area contributed by atoms with Crippen molar-refractivity contribution in [3.05, 3.63) is 33.7 Å². The van der Waals surface area contributed by atoms with Crippen LogP contribution in [-0.2, 0) is 0 Å². The summed E-state index contributed by atoms with van der Waals surface area (Å²) < 4.78 is 1.40. The van der Waals surface area contributed by atoms with Gasteiger partial charge in [0.1, 0.15) is 0 Å². The van der Waals surface area contributed by atoms with Gasteiger partial charge in [-0.05, 0) is 49.8 Å². The average molecular weight is 219 g/mol. The first-order valence-electron chi connectivity index (χ1n) is 5.27. The summed E-state index contributed by atoms with van der Waals surface area (Å²) in [6.07, 6.45) is 0. The Hall–Kier alpha value is -0.860. The first-order valence-corrected chi connectivity index (χ1v) is 6.08. The summed E-state index contributed by atoms with van der Waals surface area (Å²) in [5.74, 6) is 0. The molecule has 1 unspecified atom stereocenters. The van der Waals surface area contributed by atoms with Gasteiger partial charge in [-0.3, -0.25) is 0 Å². The van der Waals surface area contributed by atoms with Crippen LogP contribution >= 0.6 is 11.3 Å². The van der Waals surface area contributed by atoms with Crippen LogP contribution in [0.1, 0.15) is 34.5 Å². The number of aryl methyl sites for hydroxylation is 3. The fraction of sp³-hybridized carbons (Fsp3) is 0.385. The highest BCUT2D eigenvalue weighted by Gasteiger charge is 2.14. The van der Waals surface area contributed by atoms with Gasteiger partial charge < -0.3 is 5.73 Å². The Morgan fingerprint density at radius 2 is 1.73 bits per heavy atom. The van der Waals surface area contributed by atoms with E-state index in [1.165, 1.54) is 31.7 Å². The van der Waals surface area contributed by atoms with Crippen molar-refractivity contribution in [2.75, 3.05) is 0 Å². The van der Waals surface area contributed by atoms with Gasteiger partial charge in [-0.1, -0.05) is 12.1 Å². The fourth-order valence-corrected chi connectivity index (χ4v) is 3.43. The lowest BCUT2D eigenvalue weighted by Gasteiger charge is -2.03. The summed E-state index contributed by atoms with van der Waals surface area (Å²) >= 11 is 1.85. The molecule has 0 aliphatic heterocycles. The van der Waals surface area contributed by atoms with E-state index in [0.29, 0.717) is 0 Å². The fourth-order valence-electron chi connectivity index (χ4n) is 2.13. The zero-order chi connectivity index (χ0) is 11.2. The van der Waals surface area contributed by atoms with Crippen LogP contribution in [0.2, 0.25) is 0 Å². The lowest BCUT2D eigenvalue weighted by Crippen LogP contribution is -2.03. The third kappa shape index (κ3) is 1.58. The van der Waals surface area contributed by atoms with Crippen molar-refractivity contribution < 1.29 is 0 Å². The Balaban J connectivity index is 2.87. The first-order chi connectivity index (χ1) is 7.02. The third-order valence-corrected chi connectivity index (χ3v) is 4.56. The molecule has 0 spiro atoms. The molecule has 1 aromatic carbocycles. The second-order valence-electron chi connectivity index (χ2n) is 4.28. The second-order valence-corrected chi connectivity index (χ2v) is 5.34. The van der Waals surface area contributed by atoms with E-state index in [9.17, 15) is 0 Å². The van der Waals surface area contributed by atoms with E-state index in [1.807, 2.05) is 11.3 Å². The molecule has 0 bridgehead atoms. The molecule has 80 valence electrons. The predicted octanol–water partition coefficient (Wildman–Crippen LogP) is 3.85. The van der Waals surface area contributed by atoms with Gasteiger partial charge >= 0.3 is 0 Å². The minimum atomic E-state index is 0.140. The third-order valence-electron chi connectivity index (χ3n) is 2.93. The summed E-state index contributed by atoms with van der Waals surface area (Å²) in [6, 6.07) is 4.53. The highest BCUT2D eigenvalue weighted by molar-refractivity contribution is 7.19. The zero-order valence-corrected chi connectivity index (χ0v) is 10.5. The van der Waals surface area contributed by atoms with Gasteiger partial charge in [0.15, 0.2) is 0 Å². The van der Waals surface area contributed by atoms with Crippen LogP contribution in [0, 0.1) is 20.8 Å². The van der Waals surface area contributed by atoms with Crippen molar-refractivity contribution in [2.24, 2.45) is 5.73 Å². The Labute approximate surface area is 94.9 Å². The van der Waals surface area contributed by atoms with Crippen LogP contribution in [0.5, 0.6) is 0 Å². The highest BCUT2D eigenvalue weighted by atomic mass is 32.1. The summed E-state index contributed by atoms with van der Waals surface area (Å²) in [5.41, 5.74) is 10.1. The molecule has 15 heavy (non-hydrogen) atoms. The van der Waals surface area contributed by atoms with Crippen molar-refractivity contribution in [3.63, 3.8) is 0 Å². The number of rotatable bonds is 1. The maximum absolute atomic E-state index is 5.99. The molecule has 2 aromatic rings. The number of thiophene rings is 1.